The van der Waals surface area contributed by atoms with E-state index in [9.17, 15) is 0 Å². The zero-order chi connectivity index (χ0) is 16.9. The molecule has 5 heteroatoms. The fourth-order valence-electron chi connectivity index (χ4n) is 3.50. The van der Waals surface area contributed by atoms with E-state index >= 15 is 0 Å². The Morgan fingerprint density at radius 3 is 2.21 bits per heavy atom. The van der Waals surface area contributed by atoms with Gasteiger partial charge >= 0.3 is 7.12 Å². The Labute approximate surface area is 145 Å². The molecule has 1 aromatic carbocycles. The smallest absolute Gasteiger partial charge is 0.399 e. The van der Waals surface area contributed by atoms with Gasteiger partial charge in [-0.1, -0.05) is 12.1 Å². The summed E-state index contributed by atoms with van der Waals surface area (Å²) in [5.41, 5.74) is 3.36. The molecule has 2 saturated heterocycles. The zero-order valence-electron chi connectivity index (χ0n) is 15.3. The van der Waals surface area contributed by atoms with Crippen molar-refractivity contribution in [3.05, 3.63) is 23.8 Å². The second-order valence-corrected chi connectivity index (χ2v) is 8.28. The molecule has 1 aliphatic carbocycles. The second-order valence-electron chi connectivity index (χ2n) is 8.28. The Balaban J connectivity index is 1.65. The summed E-state index contributed by atoms with van der Waals surface area (Å²) in [5, 5.41) is 0. The van der Waals surface area contributed by atoms with Crippen LogP contribution >= 0.6 is 0 Å². The molecule has 3 aliphatic rings. The van der Waals surface area contributed by atoms with Crippen molar-refractivity contribution in [2.45, 2.75) is 57.7 Å². The molecule has 1 saturated carbocycles. The predicted octanol–water partition coefficient (Wildman–Crippen LogP) is 2.70. The van der Waals surface area contributed by atoms with E-state index in [-0.39, 0.29) is 18.3 Å². The van der Waals surface area contributed by atoms with Crippen LogP contribution in [0.3, 0.4) is 0 Å². The van der Waals surface area contributed by atoms with E-state index in [0.29, 0.717) is 0 Å². The maximum atomic E-state index is 6.24. The first kappa shape index (κ1) is 16.4. The maximum Gasteiger partial charge on any atom is 0.494 e. The van der Waals surface area contributed by atoms with E-state index in [1.165, 1.54) is 24.1 Å². The van der Waals surface area contributed by atoms with Crippen LogP contribution < -0.4 is 10.4 Å². The molecule has 4 rings (SSSR count). The van der Waals surface area contributed by atoms with Crippen LogP contribution in [-0.4, -0.2) is 44.6 Å². The van der Waals surface area contributed by atoms with Crippen LogP contribution in [0.2, 0.25) is 0 Å². The minimum absolute atomic E-state index is 0.289. The van der Waals surface area contributed by atoms with Crippen molar-refractivity contribution in [3.63, 3.8) is 0 Å². The molecule has 0 unspecified atom stereocenters. The third-order valence-electron chi connectivity index (χ3n) is 5.95. The van der Waals surface area contributed by atoms with E-state index < -0.39 is 0 Å². The van der Waals surface area contributed by atoms with Gasteiger partial charge in [0.25, 0.3) is 0 Å². The van der Waals surface area contributed by atoms with Crippen LogP contribution in [0, 0.1) is 0 Å². The van der Waals surface area contributed by atoms with E-state index in [4.69, 9.17) is 14.0 Å². The number of hydrogen-bond donors (Lipinski definition) is 0. The topological polar surface area (TPSA) is 30.9 Å². The summed E-state index contributed by atoms with van der Waals surface area (Å²) in [6.07, 6.45) is 2.63. The van der Waals surface area contributed by atoms with Gasteiger partial charge in [-0.05, 0) is 63.5 Å². The minimum Gasteiger partial charge on any atom is -0.399 e. The number of hydrogen-bond acceptors (Lipinski definition) is 4. The van der Waals surface area contributed by atoms with E-state index in [0.717, 1.165) is 37.7 Å². The predicted molar refractivity (Wildman–Crippen MR) is 97.2 cm³/mol. The molecule has 24 heavy (non-hydrogen) atoms. The molecule has 0 atom stereocenters. The summed E-state index contributed by atoms with van der Waals surface area (Å²) in [4.78, 5) is 2.46. The second kappa shape index (κ2) is 5.75. The van der Waals surface area contributed by atoms with Crippen LogP contribution in [0.15, 0.2) is 18.2 Å². The Morgan fingerprint density at radius 2 is 1.62 bits per heavy atom. The van der Waals surface area contributed by atoms with Crippen molar-refractivity contribution in [2.75, 3.05) is 31.2 Å². The van der Waals surface area contributed by atoms with Crippen molar-refractivity contribution in [3.8, 4) is 0 Å². The SMILES string of the molecule is CC1(C)OB(c2ccc(C3CC3)c(N3CCOCC3)c2)OC1(C)C. The Bertz CT molecular complexity index is 605. The highest BCUT2D eigenvalue weighted by atomic mass is 16.7. The quantitative estimate of drug-likeness (QED) is 0.798. The Kier molecular flexibility index (Phi) is 3.94. The summed E-state index contributed by atoms with van der Waals surface area (Å²) >= 11 is 0. The summed E-state index contributed by atoms with van der Waals surface area (Å²) in [6.45, 7) is 12.0. The summed E-state index contributed by atoms with van der Waals surface area (Å²) < 4.78 is 18.0. The molecule has 4 nitrogen and oxygen atoms in total. The molecule has 130 valence electrons. The molecule has 2 aliphatic heterocycles. The van der Waals surface area contributed by atoms with Gasteiger partial charge in [0.05, 0.1) is 24.4 Å². The van der Waals surface area contributed by atoms with Crippen molar-refractivity contribution < 1.29 is 14.0 Å². The maximum absolute atomic E-state index is 6.24. The Hall–Kier alpha value is -1.04. The number of rotatable bonds is 3. The number of morpholine rings is 1. The normalized spacial score (nSPS) is 26.0. The van der Waals surface area contributed by atoms with Gasteiger partial charge in [-0.25, -0.2) is 0 Å². The fraction of sp³-hybridized carbons (Fsp3) is 0.684. The van der Waals surface area contributed by atoms with E-state index in [1.807, 2.05) is 0 Å². The lowest BCUT2D eigenvalue weighted by Gasteiger charge is -2.32. The lowest BCUT2D eigenvalue weighted by atomic mass is 9.78. The number of benzene rings is 1. The molecular formula is C19H28BNO3. The molecule has 0 bridgehead atoms. The van der Waals surface area contributed by atoms with Crippen LogP contribution in [0.25, 0.3) is 0 Å². The van der Waals surface area contributed by atoms with Gasteiger partial charge in [-0.3, -0.25) is 0 Å². The highest BCUT2D eigenvalue weighted by Crippen LogP contribution is 2.44. The van der Waals surface area contributed by atoms with E-state index in [1.54, 1.807) is 0 Å². The van der Waals surface area contributed by atoms with Gasteiger partial charge in [-0.15, -0.1) is 0 Å². The largest absolute Gasteiger partial charge is 0.494 e. The third kappa shape index (κ3) is 2.87. The molecule has 3 fully saturated rings. The highest BCUT2D eigenvalue weighted by Gasteiger charge is 2.51. The number of ether oxygens (including phenoxy) is 1. The third-order valence-corrected chi connectivity index (χ3v) is 5.95. The van der Waals surface area contributed by atoms with Crippen molar-refractivity contribution in [1.82, 2.24) is 0 Å². The van der Waals surface area contributed by atoms with Gasteiger partial charge in [0.2, 0.25) is 0 Å². The molecular weight excluding hydrogens is 301 g/mol. The standard InChI is InChI=1S/C19H28BNO3/c1-18(2)19(3,4)24-20(23-18)15-7-8-16(14-5-6-14)17(13-15)21-9-11-22-12-10-21/h7-8,13-14H,5-6,9-12H2,1-4H3. The Morgan fingerprint density at radius 1 is 1.00 bits per heavy atom. The van der Waals surface area contributed by atoms with E-state index in [2.05, 4.69) is 50.8 Å². The van der Waals surface area contributed by atoms with Gasteiger partial charge in [0.15, 0.2) is 0 Å². The molecule has 1 aromatic rings. The van der Waals surface area contributed by atoms with Gasteiger partial charge in [0, 0.05) is 18.8 Å². The first-order chi connectivity index (χ1) is 11.4. The first-order valence-electron chi connectivity index (χ1n) is 9.19. The molecule has 0 aromatic heterocycles. The first-order valence-corrected chi connectivity index (χ1v) is 9.19. The summed E-state index contributed by atoms with van der Waals surface area (Å²) in [7, 11) is -0.289. The van der Waals surface area contributed by atoms with Crippen molar-refractivity contribution in [1.29, 1.82) is 0 Å². The van der Waals surface area contributed by atoms with Crippen LogP contribution in [-0.2, 0) is 14.0 Å². The van der Waals surface area contributed by atoms with Crippen LogP contribution in [0.5, 0.6) is 0 Å². The lowest BCUT2D eigenvalue weighted by Crippen LogP contribution is -2.41. The monoisotopic (exact) mass is 329 g/mol. The molecule has 0 spiro atoms. The average Bonchev–Trinajstić information content (AvgIpc) is 3.35. The molecule has 0 radical (unpaired) electrons. The summed E-state index contributed by atoms with van der Waals surface area (Å²) in [6, 6.07) is 6.78. The fourth-order valence-corrected chi connectivity index (χ4v) is 3.50. The number of nitrogens with zero attached hydrogens (tertiary/aromatic N) is 1. The molecule has 2 heterocycles. The summed E-state index contributed by atoms with van der Waals surface area (Å²) in [5.74, 6) is 0.732. The van der Waals surface area contributed by atoms with Gasteiger partial charge in [0.1, 0.15) is 0 Å². The zero-order valence-corrected chi connectivity index (χ0v) is 15.3. The lowest BCUT2D eigenvalue weighted by molar-refractivity contribution is 0.00578. The average molecular weight is 329 g/mol. The van der Waals surface area contributed by atoms with Crippen molar-refractivity contribution in [2.24, 2.45) is 0 Å². The molecule has 0 N–H and O–H groups in total. The van der Waals surface area contributed by atoms with Crippen LogP contribution in [0.4, 0.5) is 5.69 Å². The highest BCUT2D eigenvalue weighted by molar-refractivity contribution is 6.62. The number of anilines is 1. The van der Waals surface area contributed by atoms with Gasteiger partial charge in [-0.2, -0.15) is 0 Å². The van der Waals surface area contributed by atoms with Crippen LogP contribution in [0.1, 0.15) is 52.0 Å². The molecule has 0 amide bonds. The van der Waals surface area contributed by atoms with Crippen molar-refractivity contribution >= 4 is 18.3 Å². The minimum atomic E-state index is -0.300. The van der Waals surface area contributed by atoms with Gasteiger partial charge < -0.3 is 18.9 Å².